The summed E-state index contributed by atoms with van der Waals surface area (Å²) in [5, 5.41) is 2.72. The minimum atomic E-state index is -3.46. The smallest absolute Gasteiger partial charge is 0.252 e. The molecule has 6 nitrogen and oxygen atoms in total. The fourth-order valence-electron chi connectivity index (χ4n) is 2.48. The molecule has 1 amide bonds. The highest BCUT2D eigenvalue weighted by Gasteiger charge is 2.19. The molecule has 0 aliphatic rings. The summed E-state index contributed by atoms with van der Waals surface area (Å²) in [6, 6.07) is 10.8. The largest absolute Gasteiger partial charge is 0.350 e. The fraction of sp³-hybridized carbons (Fsp3) is 0.368. The van der Waals surface area contributed by atoms with E-state index in [0.29, 0.717) is 11.3 Å². The van der Waals surface area contributed by atoms with Crippen molar-refractivity contribution in [2.24, 2.45) is 0 Å². The number of pyridine rings is 1. The van der Waals surface area contributed by atoms with Gasteiger partial charge in [-0.05, 0) is 35.2 Å². The predicted molar refractivity (Wildman–Crippen MR) is 104 cm³/mol. The van der Waals surface area contributed by atoms with Gasteiger partial charge in [-0.15, -0.1) is 0 Å². The van der Waals surface area contributed by atoms with Gasteiger partial charge in [-0.2, -0.15) is 0 Å². The second-order valence-corrected chi connectivity index (χ2v) is 9.04. The molecule has 1 heterocycles. The van der Waals surface area contributed by atoms with Gasteiger partial charge in [0.05, 0.1) is 24.1 Å². The number of nitrogens with zero attached hydrogens (tertiary/aromatic N) is 2. The summed E-state index contributed by atoms with van der Waals surface area (Å²) in [6.07, 6.45) is 4.21. The van der Waals surface area contributed by atoms with Crippen LogP contribution >= 0.6 is 0 Å². The Morgan fingerprint density at radius 3 is 2.31 bits per heavy atom. The summed E-state index contributed by atoms with van der Waals surface area (Å²) in [4.78, 5) is 15.9. The highest BCUT2D eigenvalue weighted by molar-refractivity contribution is 7.92. The van der Waals surface area contributed by atoms with Gasteiger partial charge in [0.1, 0.15) is 0 Å². The molecule has 26 heavy (non-hydrogen) atoms. The molecule has 140 valence electrons. The summed E-state index contributed by atoms with van der Waals surface area (Å²) in [6.45, 7) is 6.65. The average molecular weight is 375 g/mol. The third-order valence-electron chi connectivity index (χ3n) is 3.95. The van der Waals surface area contributed by atoms with Crippen molar-refractivity contribution in [1.29, 1.82) is 0 Å². The summed E-state index contributed by atoms with van der Waals surface area (Å²) in [5.74, 6) is -0.283. The van der Waals surface area contributed by atoms with Crippen LogP contribution < -0.4 is 9.62 Å². The first-order chi connectivity index (χ1) is 12.1. The van der Waals surface area contributed by atoms with Crippen LogP contribution in [0.1, 0.15) is 36.7 Å². The van der Waals surface area contributed by atoms with Gasteiger partial charge in [-0.25, -0.2) is 8.42 Å². The third kappa shape index (κ3) is 5.29. The normalized spacial score (nSPS) is 11.8. The number of hydrogen-bond donors (Lipinski definition) is 1. The van der Waals surface area contributed by atoms with Gasteiger partial charge in [-0.1, -0.05) is 32.9 Å². The zero-order valence-electron chi connectivity index (χ0n) is 15.6. The van der Waals surface area contributed by atoms with E-state index >= 15 is 0 Å². The molecule has 1 aromatic heterocycles. The average Bonchev–Trinajstić information content (AvgIpc) is 2.57. The molecule has 1 aromatic carbocycles. The highest BCUT2D eigenvalue weighted by atomic mass is 32.2. The Balaban J connectivity index is 2.08. The lowest BCUT2D eigenvalue weighted by atomic mass is 9.87. The number of anilines is 1. The van der Waals surface area contributed by atoms with E-state index < -0.39 is 10.0 Å². The van der Waals surface area contributed by atoms with Crippen LogP contribution in [0.25, 0.3) is 0 Å². The van der Waals surface area contributed by atoms with Crippen LogP contribution in [-0.2, 0) is 15.4 Å². The van der Waals surface area contributed by atoms with Crippen molar-refractivity contribution < 1.29 is 13.2 Å². The Hall–Kier alpha value is -2.41. The zero-order valence-corrected chi connectivity index (χ0v) is 16.4. The summed E-state index contributed by atoms with van der Waals surface area (Å²) in [5.41, 5.74) is 2.13. The van der Waals surface area contributed by atoms with Gasteiger partial charge in [0, 0.05) is 18.9 Å². The van der Waals surface area contributed by atoms with E-state index in [1.54, 1.807) is 30.5 Å². The number of aromatic nitrogens is 1. The van der Waals surface area contributed by atoms with Crippen LogP contribution in [0.15, 0.2) is 48.8 Å². The number of benzene rings is 1. The molecule has 1 N–H and O–H groups in total. The maximum absolute atomic E-state index is 12.2. The molecule has 0 radical (unpaired) electrons. The van der Waals surface area contributed by atoms with E-state index in [1.807, 2.05) is 12.1 Å². The molecule has 0 spiro atoms. The van der Waals surface area contributed by atoms with Crippen LogP contribution in [0.5, 0.6) is 0 Å². The Labute approximate surface area is 155 Å². The standard InChI is InChI=1S/C19H25N3O3S/c1-19(2,3)16-7-9-17(10-8-16)22(26(4,24)25)13-12-21-18(23)15-6-5-11-20-14-15/h5-11,14H,12-13H2,1-4H3,(H,21,23). The van der Waals surface area contributed by atoms with Crippen LogP contribution in [-0.4, -0.2) is 38.7 Å². The molecule has 0 aliphatic heterocycles. The second-order valence-electron chi connectivity index (χ2n) is 7.13. The summed E-state index contributed by atoms with van der Waals surface area (Å²) in [7, 11) is -3.46. The first-order valence-corrected chi connectivity index (χ1v) is 10.2. The molecule has 7 heteroatoms. The lowest BCUT2D eigenvalue weighted by molar-refractivity contribution is 0.0954. The van der Waals surface area contributed by atoms with Gasteiger partial charge in [0.2, 0.25) is 10.0 Å². The van der Waals surface area contributed by atoms with Gasteiger partial charge < -0.3 is 5.32 Å². The number of hydrogen-bond acceptors (Lipinski definition) is 4. The van der Waals surface area contributed by atoms with Crippen molar-refractivity contribution in [2.45, 2.75) is 26.2 Å². The lowest BCUT2D eigenvalue weighted by Gasteiger charge is -2.24. The number of carbonyl (C=O) groups is 1. The maximum Gasteiger partial charge on any atom is 0.252 e. The highest BCUT2D eigenvalue weighted by Crippen LogP contribution is 2.25. The van der Waals surface area contributed by atoms with Crippen molar-refractivity contribution in [3.63, 3.8) is 0 Å². The molecule has 0 aliphatic carbocycles. The van der Waals surface area contributed by atoms with Crippen molar-refractivity contribution in [2.75, 3.05) is 23.7 Å². The molecule has 0 bridgehead atoms. The molecular formula is C19H25N3O3S. The van der Waals surface area contributed by atoms with Crippen LogP contribution in [0.2, 0.25) is 0 Å². The Bertz CT molecular complexity index is 842. The van der Waals surface area contributed by atoms with Gasteiger partial charge in [0.25, 0.3) is 5.91 Å². The van der Waals surface area contributed by atoms with E-state index in [9.17, 15) is 13.2 Å². The van der Waals surface area contributed by atoms with Crippen molar-refractivity contribution in [3.05, 3.63) is 59.9 Å². The van der Waals surface area contributed by atoms with Crippen LogP contribution in [0, 0.1) is 0 Å². The molecule has 0 unspecified atom stereocenters. The van der Waals surface area contributed by atoms with Gasteiger partial charge in [-0.3, -0.25) is 14.1 Å². The Morgan fingerprint density at radius 1 is 1.15 bits per heavy atom. The van der Waals surface area contributed by atoms with E-state index in [-0.39, 0.29) is 24.4 Å². The minimum absolute atomic E-state index is 0.00779. The number of nitrogens with one attached hydrogen (secondary N) is 1. The topological polar surface area (TPSA) is 79.4 Å². The fourth-order valence-corrected chi connectivity index (χ4v) is 3.41. The summed E-state index contributed by atoms with van der Waals surface area (Å²) < 4.78 is 25.6. The van der Waals surface area contributed by atoms with E-state index in [4.69, 9.17) is 0 Å². The maximum atomic E-state index is 12.2. The Kier molecular flexibility index (Phi) is 6.02. The monoisotopic (exact) mass is 375 g/mol. The van der Waals surface area contributed by atoms with E-state index in [0.717, 1.165) is 11.8 Å². The molecular weight excluding hydrogens is 350 g/mol. The molecule has 0 fully saturated rings. The van der Waals surface area contributed by atoms with E-state index in [1.165, 1.54) is 10.5 Å². The first-order valence-electron chi connectivity index (χ1n) is 8.35. The van der Waals surface area contributed by atoms with Crippen LogP contribution in [0.3, 0.4) is 0 Å². The third-order valence-corrected chi connectivity index (χ3v) is 5.14. The quantitative estimate of drug-likeness (QED) is 0.842. The summed E-state index contributed by atoms with van der Waals surface area (Å²) >= 11 is 0. The number of amides is 1. The molecule has 2 aromatic rings. The minimum Gasteiger partial charge on any atom is -0.350 e. The van der Waals surface area contributed by atoms with Gasteiger partial charge in [0.15, 0.2) is 0 Å². The number of carbonyl (C=O) groups excluding carboxylic acids is 1. The first kappa shape index (κ1) is 19.9. The van der Waals surface area contributed by atoms with Crippen LogP contribution in [0.4, 0.5) is 5.69 Å². The molecule has 0 saturated carbocycles. The number of rotatable bonds is 6. The van der Waals surface area contributed by atoms with Crippen molar-refractivity contribution >= 4 is 21.6 Å². The predicted octanol–water partition coefficient (Wildman–Crippen LogP) is 2.58. The molecule has 0 saturated heterocycles. The lowest BCUT2D eigenvalue weighted by Crippen LogP contribution is -2.38. The van der Waals surface area contributed by atoms with Crippen molar-refractivity contribution in [3.8, 4) is 0 Å². The molecule has 0 atom stereocenters. The van der Waals surface area contributed by atoms with Gasteiger partial charge >= 0.3 is 0 Å². The SMILES string of the molecule is CC(C)(C)c1ccc(N(CCNC(=O)c2cccnc2)S(C)(=O)=O)cc1. The van der Waals surface area contributed by atoms with Crippen molar-refractivity contribution in [1.82, 2.24) is 10.3 Å². The number of sulfonamides is 1. The Morgan fingerprint density at radius 2 is 1.81 bits per heavy atom. The molecule has 2 rings (SSSR count). The second kappa shape index (κ2) is 7.86. The van der Waals surface area contributed by atoms with E-state index in [2.05, 4.69) is 31.1 Å². The zero-order chi connectivity index (χ0) is 19.4.